The summed E-state index contributed by atoms with van der Waals surface area (Å²) in [6, 6.07) is 0. The summed E-state index contributed by atoms with van der Waals surface area (Å²) in [5.41, 5.74) is 1.04. The van der Waals surface area contributed by atoms with Gasteiger partial charge < -0.3 is 14.4 Å². The molecule has 0 saturated heterocycles. The monoisotopic (exact) mass is 208 g/mol. The molecule has 12 heavy (non-hydrogen) atoms. The van der Waals surface area contributed by atoms with Crippen LogP contribution in [0.2, 0.25) is 0 Å². The smallest absolute Gasteiger partial charge is 0.811 e. The third-order valence-electron chi connectivity index (χ3n) is 0.956. The quantitative estimate of drug-likeness (QED) is 0.264. The third-order valence-corrected chi connectivity index (χ3v) is 1.76. The summed E-state index contributed by atoms with van der Waals surface area (Å²) in [6.07, 6.45) is 1.81. The number of rotatable bonds is 3. The van der Waals surface area contributed by atoms with Crippen molar-refractivity contribution in [1.29, 1.82) is 0 Å². The largest absolute Gasteiger partial charge is 1.00 e. The van der Waals surface area contributed by atoms with Crippen molar-refractivity contribution < 1.29 is 73.5 Å². The molecule has 0 spiro atoms. The van der Waals surface area contributed by atoms with Gasteiger partial charge in [0.25, 0.3) is 0 Å². The Kier molecular flexibility index (Phi) is 15.3. The van der Waals surface area contributed by atoms with Gasteiger partial charge in [0.1, 0.15) is 0 Å². The Balaban J connectivity index is -0.000000405. The molecule has 0 atom stereocenters. The van der Waals surface area contributed by atoms with Crippen LogP contribution in [0, 0.1) is 0 Å². The van der Waals surface area contributed by atoms with Crippen molar-refractivity contribution >= 4 is 7.60 Å². The third kappa shape index (κ3) is 17.8. The van der Waals surface area contributed by atoms with Crippen molar-refractivity contribution in [2.45, 2.75) is 20.3 Å². The zero-order valence-corrected chi connectivity index (χ0v) is 13.1. The zero-order valence-electron chi connectivity index (χ0n) is 8.16. The summed E-state index contributed by atoms with van der Waals surface area (Å²) in [5, 5.41) is 0. The van der Waals surface area contributed by atoms with E-state index in [0.717, 1.165) is 5.57 Å². The molecule has 0 radical (unpaired) electrons. The Bertz CT molecular complexity index is 172. The van der Waals surface area contributed by atoms with Crippen LogP contribution in [0.1, 0.15) is 20.3 Å². The molecule has 0 amide bonds. The topological polar surface area (TPSA) is 63.2 Å². The van der Waals surface area contributed by atoms with Gasteiger partial charge in [-0.2, -0.15) is 0 Å². The Morgan fingerprint density at radius 3 is 2.00 bits per heavy atom. The summed E-state index contributed by atoms with van der Waals surface area (Å²) < 4.78 is 10.1. The van der Waals surface area contributed by atoms with Crippen molar-refractivity contribution in [2.24, 2.45) is 0 Å². The van der Waals surface area contributed by atoms with Gasteiger partial charge >= 0.3 is 59.1 Å². The minimum atomic E-state index is -4.27. The Morgan fingerprint density at radius 2 is 1.75 bits per heavy atom. The first kappa shape index (κ1) is 19.5. The molecule has 0 unspecified atom stereocenters. The maximum absolute atomic E-state index is 10.1. The van der Waals surface area contributed by atoms with E-state index in [1.54, 1.807) is 6.08 Å². The van der Waals surface area contributed by atoms with Crippen LogP contribution < -0.4 is 68.9 Å². The molecule has 3 nitrogen and oxygen atoms in total. The molecular weight excluding hydrogens is 197 g/mol. The second-order valence-electron chi connectivity index (χ2n) is 2.40. The van der Waals surface area contributed by atoms with Crippen LogP contribution in [-0.2, 0) is 4.57 Å². The van der Waals surface area contributed by atoms with E-state index in [-0.39, 0.29) is 65.3 Å². The molecule has 0 aliphatic heterocycles. The normalized spacial score (nSPS) is 9.33. The molecule has 0 heterocycles. The number of allylic oxidation sites excluding steroid dienone is 2. The van der Waals surface area contributed by atoms with Crippen molar-refractivity contribution in [3.8, 4) is 0 Å². The van der Waals surface area contributed by atoms with Gasteiger partial charge in [0, 0.05) is 0 Å². The summed E-state index contributed by atoms with van der Waals surface area (Å²) in [7, 11) is -4.27. The van der Waals surface area contributed by atoms with Gasteiger partial charge in [-0.05, 0) is 26.4 Å². The van der Waals surface area contributed by atoms with Crippen LogP contribution in [-0.4, -0.2) is 6.16 Å². The van der Waals surface area contributed by atoms with Crippen LogP contribution >= 0.6 is 7.60 Å². The van der Waals surface area contributed by atoms with E-state index in [0.29, 0.717) is 6.42 Å². The van der Waals surface area contributed by atoms with Gasteiger partial charge in [0.15, 0.2) is 0 Å². The van der Waals surface area contributed by atoms with Crippen LogP contribution in [0.15, 0.2) is 11.6 Å². The Morgan fingerprint density at radius 1 is 1.33 bits per heavy atom. The summed E-state index contributed by atoms with van der Waals surface area (Å²) in [5.74, 6) is 0. The molecule has 0 aliphatic rings. The average molecular weight is 208 g/mol. The minimum Gasteiger partial charge on any atom is -0.811 e. The molecule has 0 saturated carbocycles. The fourth-order valence-corrected chi connectivity index (χ4v) is 0.957. The number of hydrogen-bond acceptors (Lipinski definition) is 3. The molecule has 0 aromatic carbocycles. The van der Waals surface area contributed by atoms with Crippen molar-refractivity contribution in [2.75, 3.05) is 6.16 Å². The predicted octanol–water partition coefficient (Wildman–Crippen LogP) is -5.74. The fraction of sp³-hybridized carbons (Fsp3) is 0.667. The maximum atomic E-state index is 10.1. The van der Waals surface area contributed by atoms with E-state index < -0.39 is 7.60 Å². The van der Waals surface area contributed by atoms with Crippen molar-refractivity contribution in [3.05, 3.63) is 11.6 Å². The maximum Gasteiger partial charge on any atom is 1.00 e. The molecule has 6 heteroatoms. The predicted molar refractivity (Wildman–Crippen MR) is 36.5 cm³/mol. The molecule has 0 rings (SSSR count). The molecule has 0 aromatic rings. The molecule has 60 valence electrons. The summed E-state index contributed by atoms with van der Waals surface area (Å²) in [4.78, 5) is 20.1. The van der Waals surface area contributed by atoms with E-state index in [1.807, 2.05) is 13.8 Å². The fourth-order valence-electron chi connectivity index (χ4n) is 0.511. The van der Waals surface area contributed by atoms with Crippen LogP contribution in [0.5, 0.6) is 0 Å². The van der Waals surface area contributed by atoms with Gasteiger partial charge in [0.2, 0.25) is 0 Å². The van der Waals surface area contributed by atoms with Gasteiger partial charge in [-0.3, -0.25) is 0 Å². The molecule has 0 N–H and O–H groups in total. The second-order valence-corrected chi connectivity index (χ2v) is 4.07. The van der Waals surface area contributed by atoms with Crippen LogP contribution in [0.3, 0.4) is 0 Å². The zero-order chi connectivity index (χ0) is 8.20. The first-order valence-electron chi connectivity index (χ1n) is 3.06. The van der Waals surface area contributed by atoms with Gasteiger partial charge in [-0.25, -0.2) is 0 Å². The van der Waals surface area contributed by atoms with Gasteiger partial charge in [-0.15, -0.1) is 0 Å². The Hall–Kier alpha value is 1.89. The average Bonchev–Trinajstić information content (AvgIpc) is 1.59. The number of hydrogen-bond donors (Lipinski definition) is 0. The van der Waals surface area contributed by atoms with E-state index in [1.165, 1.54) is 0 Å². The molecular formula is C6H11Na2O3P. The van der Waals surface area contributed by atoms with Gasteiger partial charge in [0.05, 0.1) is 0 Å². The molecule has 0 fully saturated rings. The molecule has 0 aromatic heterocycles. The SMILES string of the molecule is CC(C)=CCCP(=O)([O-])[O-].[Na+].[Na+]. The van der Waals surface area contributed by atoms with Gasteiger partial charge in [-0.1, -0.05) is 19.2 Å². The van der Waals surface area contributed by atoms with Crippen molar-refractivity contribution in [1.82, 2.24) is 0 Å². The first-order valence-corrected chi connectivity index (χ1v) is 4.79. The minimum absolute atomic E-state index is 0. The summed E-state index contributed by atoms with van der Waals surface area (Å²) >= 11 is 0. The second kappa shape index (κ2) is 9.45. The van der Waals surface area contributed by atoms with Crippen LogP contribution in [0.25, 0.3) is 0 Å². The first-order chi connectivity index (χ1) is 4.42. The van der Waals surface area contributed by atoms with E-state index in [9.17, 15) is 14.4 Å². The summed E-state index contributed by atoms with van der Waals surface area (Å²) in [6.45, 7) is 3.72. The molecule has 0 bridgehead atoms. The standard InChI is InChI=1S/C6H13O3P.2Na/c1-6(2)4-3-5-10(7,8)9;;/h4H,3,5H2,1-2H3,(H2,7,8,9);;/q;2*+1/p-2. The van der Waals surface area contributed by atoms with E-state index in [4.69, 9.17) is 0 Å². The Labute approximate surface area is 118 Å². The van der Waals surface area contributed by atoms with Crippen LogP contribution in [0.4, 0.5) is 0 Å². The van der Waals surface area contributed by atoms with E-state index in [2.05, 4.69) is 0 Å². The molecule has 0 aliphatic carbocycles. The van der Waals surface area contributed by atoms with Crippen molar-refractivity contribution in [3.63, 3.8) is 0 Å². The van der Waals surface area contributed by atoms with E-state index >= 15 is 0 Å².